The second-order valence-corrected chi connectivity index (χ2v) is 6.80. The molecule has 1 aliphatic heterocycles. The zero-order chi connectivity index (χ0) is 13.2. The normalized spacial score (nSPS) is 18.4. The minimum Gasteiger partial charge on any atom is -0.315 e. The van der Waals surface area contributed by atoms with E-state index in [1.807, 2.05) is 12.1 Å². The van der Waals surface area contributed by atoms with Gasteiger partial charge in [0.05, 0.1) is 0 Å². The van der Waals surface area contributed by atoms with E-state index in [2.05, 4.69) is 26.1 Å². The van der Waals surface area contributed by atoms with Gasteiger partial charge in [-0.3, -0.25) is 0 Å². The Morgan fingerprint density at radius 3 is 2.22 bits per heavy atom. The summed E-state index contributed by atoms with van der Waals surface area (Å²) in [6, 6.07) is 7.07. The van der Waals surface area contributed by atoms with Gasteiger partial charge in [0.1, 0.15) is 5.82 Å². The molecule has 1 fully saturated rings. The van der Waals surface area contributed by atoms with E-state index in [9.17, 15) is 4.39 Å². The fourth-order valence-corrected chi connectivity index (χ4v) is 2.71. The molecule has 1 aliphatic rings. The van der Waals surface area contributed by atoms with Crippen molar-refractivity contribution in [2.75, 3.05) is 13.1 Å². The first-order valence-electron chi connectivity index (χ1n) is 6.88. The Bertz CT molecular complexity index is 385. The van der Waals surface area contributed by atoms with Crippen LogP contribution in [0.25, 0.3) is 0 Å². The Hall–Kier alpha value is -0.890. The summed E-state index contributed by atoms with van der Waals surface area (Å²) in [6.07, 6.45) is 3.68. The highest BCUT2D eigenvalue weighted by molar-refractivity contribution is 5.30. The van der Waals surface area contributed by atoms with E-state index in [4.69, 9.17) is 0 Å². The summed E-state index contributed by atoms with van der Waals surface area (Å²) in [5.74, 6) is -0.143. The first-order valence-corrected chi connectivity index (χ1v) is 6.88. The van der Waals surface area contributed by atoms with Crippen LogP contribution in [0.3, 0.4) is 0 Å². The molecule has 0 unspecified atom stereocenters. The van der Waals surface area contributed by atoms with E-state index in [1.165, 1.54) is 24.8 Å². The van der Waals surface area contributed by atoms with Crippen molar-refractivity contribution in [3.63, 3.8) is 0 Å². The van der Waals surface area contributed by atoms with Crippen molar-refractivity contribution in [2.24, 2.45) is 5.41 Å². The van der Waals surface area contributed by atoms with Gasteiger partial charge in [-0.05, 0) is 36.0 Å². The van der Waals surface area contributed by atoms with Crippen LogP contribution in [0.15, 0.2) is 24.3 Å². The average molecular weight is 249 g/mol. The average Bonchev–Trinajstić information content (AvgIpc) is 2.22. The quantitative estimate of drug-likeness (QED) is 0.854. The summed E-state index contributed by atoms with van der Waals surface area (Å²) in [4.78, 5) is 0. The van der Waals surface area contributed by atoms with Crippen LogP contribution >= 0.6 is 0 Å². The van der Waals surface area contributed by atoms with Crippen LogP contribution in [-0.4, -0.2) is 13.1 Å². The Morgan fingerprint density at radius 2 is 1.78 bits per heavy atom. The summed E-state index contributed by atoms with van der Waals surface area (Å²) in [5, 5.41) is 3.37. The van der Waals surface area contributed by atoms with Gasteiger partial charge >= 0.3 is 0 Å². The topological polar surface area (TPSA) is 12.0 Å². The minimum atomic E-state index is -0.143. The van der Waals surface area contributed by atoms with Crippen molar-refractivity contribution in [3.8, 4) is 0 Å². The maximum atomic E-state index is 13.0. The molecule has 0 radical (unpaired) electrons. The van der Waals surface area contributed by atoms with Gasteiger partial charge in [-0.25, -0.2) is 4.39 Å². The lowest BCUT2D eigenvalue weighted by Gasteiger charge is -2.44. The van der Waals surface area contributed by atoms with Crippen LogP contribution in [0, 0.1) is 11.2 Å². The second-order valence-electron chi connectivity index (χ2n) is 6.80. The molecule has 1 heterocycles. The van der Waals surface area contributed by atoms with E-state index in [1.54, 1.807) is 12.1 Å². The van der Waals surface area contributed by atoms with Gasteiger partial charge in [0, 0.05) is 18.5 Å². The Balaban J connectivity index is 2.00. The lowest BCUT2D eigenvalue weighted by Crippen LogP contribution is -2.56. The lowest BCUT2D eigenvalue weighted by molar-refractivity contribution is 0.234. The smallest absolute Gasteiger partial charge is 0.123 e. The highest BCUT2D eigenvalue weighted by atomic mass is 19.1. The molecule has 1 saturated heterocycles. The van der Waals surface area contributed by atoms with Crippen molar-refractivity contribution in [2.45, 2.75) is 45.4 Å². The second kappa shape index (κ2) is 5.00. The molecular weight excluding hydrogens is 225 g/mol. The molecule has 0 atom stereocenters. The Kier molecular flexibility index (Phi) is 3.76. The van der Waals surface area contributed by atoms with Gasteiger partial charge in [-0.2, -0.15) is 0 Å². The zero-order valence-electron chi connectivity index (χ0n) is 11.7. The van der Waals surface area contributed by atoms with Gasteiger partial charge in [-0.15, -0.1) is 0 Å². The number of benzene rings is 1. The van der Waals surface area contributed by atoms with Crippen molar-refractivity contribution in [1.82, 2.24) is 5.32 Å². The number of rotatable bonds is 4. The van der Waals surface area contributed by atoms with E-state index < -0.39 is 0 Å². The van der Waals surface area contributed by atoms with Crippen LogP contribution in [0.1, 0.15) is 45.6 Å². The number of hydrogen-bond donors (Lipinski definition) is 1. The molecule has 100 valence electrons. The molecule has 0 bridgehead atoms. The largest absolute Gasteiger partial charge is 0.315 e. The fourth-order valence-electron chi connectivity index (χ4n) is 2.71. The van der Waals surface area contributed by atoms with Gasteiger partial charge in [0.2, 0.25) is 0 Å². The van der Waals surface area contributed by atoms with E-state index >= 15 is 0 Å². The van der Waals surface area contributed by atoms with Crippen LogP contribution in [0.5, 0.6) is 0 Å². The summed E-state index contributed by atoms with van der Waals surface area (Å²) < 4.78 is 13.0. The van der Waals surface area contributed by atoms with Gasteiger partial charge < -0.3 is 5.32 Å². The third-order valence-electron chi connectivity index (χ3n) is 3.97. The summed E-state index contributed by atoms with van der Waals surface area (Å²) in [7, 11) is 0. The third kappa shape index (κ3) is 3.11. The van der Waals surface area contributed by atoms with E-state index in [0.29, 0.717) is 5.41 Å². The summed E-state index contributed by atoms with van der Waals surface area (Å²) in [6.45, 7) is 8.93. The van der Waals surface area contributed by atoms with Gasteiger partial charge in [0.15, 0.2) is 0 Å². The summed E-state index contributed by atoms with van der Waals surface area (Å²) >= 11 is 0. The first kappa shape index (κ1) is 13.5. The molecule has 1 nitrogen and oxygen atoms in total. The third-order valence-corrected chi connectivity index (χ3v) is 3.97. The van der Waals surface area contributed by atoms with Crippen LogP contribution < -0.4 is 5.32 Å². The molecule has 1 N–H and O–H groups in total. The summed E-state index contributed by atoms with van der Waals surface area (Å²) in [5.41, 5.74) is 1.94. The Labute approximate surface area is 110 Å². The standard InChI is InChI=1S/C16H24FN/c1-15(2,3)9-4-10-16(11-18-12-16)13-5-7-14(17)8-6-13/h5-8,18H,4,9-12H2,1-3H3. The van der Waals surface area contributed by atoms with Crippen molar-refractivity contribution < 1.29 is 4.39 Å². The molecule has 18 heavy (non-hydrogen) atoms. The highest BCUT2D eigenvalue weighted by Crippen LogP contribution is 2.35. The zero-order valence-corrected chi connectivity index (χ0v) is 11.7. The molecule has 1 aromatic rings. The highest BCUT2D eigenvalue weighted by Gasteiger charge is 2.38. The van der Waals surface area contributed by atoms with E-state index in [-0.39, 0.29) is 11.2 Å². The Morgan fingerprint density at radius 1 is 1.17 bits per heavy atom. The maximum absolute atomic E-state index is 13.0. The van der Waals surface area contributed by atoms with Crippen LogP contribution in [0.2, 0.25) is 0 Å². The SMILES string of the molecule is CC(C)(C)CCCC1(c2ccc(F)cc2)CNC1. The number of hydrogen-bond acceptors (Lipinski definition) is 1. The number of halogens is 1. The van der Waals surface area contributed by atoms with Crippen molar-refractivity contribution >= 4 is 0 Å². The van der Waals surface area contributed by atoms with Gasteiger partial charge in [-0.1, -0.05) is 39.3 Å². The lowest BCUT2D eigenvalue weighted by atomic mass is 9.70. The number of nitrogens with one attached hydrogen (secondary N) is 1. The molecule has 0 saturated carbocycles. The van der Waals surface area contributed by atoms with Crippen molar-refractivity contribution in [3.05, 3.63) is 35.6 Å². The predicted molar refractivity (Wildman–Crippen MR) is 74.3 cm³/mol. The van der Waals surface area contributed by atoms with Gasteiger partial charge in [0.25, 0.3) is 0 Å². The molecule has 2 heteroatoms. The first-order chi connectivity index (χ1) is 8.41. The van der Waals surface area contributed by atoms with Crippen LogP contribution in [-0.2, 0) is 5.41 Å². The maximum Gasteiger partial charge on any atom is 0.123 e. The molecular formula is C16H24FN. The van der Waals surface area contributed by atoms with E-state index in [0.717, 1.165) is 13.1 Å². The van der Waals surface area contributed by atoms with Crippen molar-refractivity contribution in [1.29, 1.82) is 0 Å². The molecule has 0 aromatic heterocycles. The predicted octanol–water partition coefficient (Wildman–Crippen LogP) is 3.88. The molecule has 0 spiro atoms. The molecule has 2 rings (SSSR count). The molecule has 0 amide bonds. The van der Waals surface area contributed by atoms with Crippen LogP contribution in [0.4, 0.5) is 4.39 Å². The fraction of sp³-hybridized carbons (Fsp3) is 0.625. The monoisotopic (exact) mass is 249 g/mol. The minimum absolute atomic E-state index is 0.143. The molecule has 1 aromatic carbocycles. The molecule has 0 aliphatic carbocycles.